The Morgan fingerprint density at radius 3 is 2.62 bits per heavy atom. The van der Waals surface area contributed by atoms with Crippen LogP contribution >= 0.6 is 0 Å². The van der Waals surface area contributed by atoms with Crippen molar-refractivity contribution in [3.05, 3.63) is 94.2 Å². The van der Waals surface area contributed by atoms with Crippen molar-refractivity contribution in [1.82, 2.24) is 15.6 Å². The number of non-ortho nitro benzene ring substituents is 1. The predicted octanol–water partition coefficient (Wildman–Crippen LogP) is 3.90. The Morgan fingerprint density at radius 1 is 1.07 bits per heavy atom. The smallest absolute Gasteiger partial charge is 0.272 e. The van der Waals surface area contributed by atoms with E-state index in [-0.39, 0.29) is 11.4 Å². The molecule has 0 radical (unpaired) electrons. The SMILES string of the molecule is O=C(N/N=C/c1ccc([N+](=O)[O-])cc1)c1cc(-c2cccc3ccccc23)n[nH]1. The molecular formula is C21H15N5O3. The summed E-state index contributed by atoms with van der Waals surface area (Å²) >= 11 is 0. The molecule has 0 spiro atoms. The highest BCUT2D eigenvalue weighted by atomic mass is 16.6. The lowest BCUT2D eigenvalue weighted by Gasteiger charge is -2.02. The maximum Gasteiger partial charge on any atom is 0.289 e. The third kappa shape index (κ3) is 3.86. The van der Waals surface area contributed by atoms with Gasteiger partial charge in [0.1, 0.15) is 5.69 Å². The first kappa shape index (κ1) is 18.1. The quantitative estimate of drug-likeness (QED) is 0.308. The van der Waals surface area contributed by atoms with Gasteiger partial charge >= 0.3 is 0 Å². The molecule has 0 unspecified atom stereocenters. The minimum Gasteiger partial charge on any atom is -0.272 e. The molecular weight excluding hydrogens is 370 g/mol. The van der Waals surface area contributed by atoms with Gasteiger partial charge in [0.15, 0.2) is 0 Å². The van der Waals surface area contributed by atoms with Crippen molar-refractivity contribution in [2.75, 3.05) is 0 Å². The van der Waals surface area contributed by atoms with Gasteiger partial charge in [0.25, 0.3) is 11.6 Å². The molecule has 0 aliphatic rings. The number of aromatic amines is 1. The maximum atomic E-state index is 12.3. The summed E-state index contributed by atoms with van der Waals surface area (Å²) in [7, 11) is 0. The van der Waals surface area contributed by atoms with Gasteiger partial charge < -0.3 is 0 Å². The number of amides is 1. The van der Waals surface area contributed by atoms with Crippen LogP contribution in [0.4, 0.5) is 5.69 Å². The van der Waals surface area contributed by atoms with E-state index in [0.29, 0.717) is 11.3 Å². The van der Waals surface area contributed by atoms with Crippen molar-refractivity contribution < 1.29 is 9.72 Å². The second kappa shape index (κ2) is 7.73. The lowest BCUT2D eigenvalue weighted by atomic mass is 10.0. The lowest BCUT2D eigenvalue weighted by Crippen LogP contribution is -2.17. The molecule has 4 aromatic rings. The molecule has 3 aromatic carbocycles. The van der Waals surface area contributed by atoms with Gasteiger partial charge in [-0.05, 0) is 34.5 Å². The number of benzene rings is 3. The molecule has 1 aromatic heterocycles. The Balaban J connectivity index is 1.48. The van der Waals surface area contributed by atoms with Crippen LogP contribution in [-0.4, -0.2) is 27.2 Å². The predicted molar refractivity (Wildman–Crippen MR) is 110 cm³/mol. The standard InChI is InChI=1S/C21H15N5O3/c27-21(25-22-13-14-8-10-16(11-9-14)26(28)29)20-12-19(23-24-20)18-7-3-5-15-4-1-2-6-17(15)18/h1-13H,(H,23,24)(H,25,27)/b22-13+. The molecule has 2 N–H and O–H groups in total. The molecule has 0 fully saturated rings. The molecule has 4 rings (SSSR count). The Hall–Kier alpha value is -4.33. The zero-order valence-electron chi connectivity index (χ0n) is 15.1. The Morgan fingerprint density at radius 2 is 1.83 bits per heavy atom. The van der Waals surface area contributed by atoms with Crippen LogP contribution in [0.2, 0.25) is 0 Å². The fourth-order valence-corrected chi connectivity index (χ4v) is 2.93. The molecule has 8 heteroatoms. The number of H-pyrrole nitrogens is 1. The zero-order valence-corrected chi connectivity index (χ0v) is 15.1. The van der Waals surface area contributed by atoms with E-state index in [2.05, 4.69) is 20.7 Å². The van der Waals surface area contributed by atoms with E-state index >= 15 is 0 Å². The van der Waals surface area contributed by atoms with E-state index in [0.717, 1.165) is 16.3 Å². The molecule has 0 bridgehead atoms. The number of rotatable bonds is 5. The van der Waals surface area contributed by atoms with E-state index in [1.807, 2.05) is 42.5 Å². The molecule has 0 aliphatic carbocycles. The van der Waals surface area contributed by atoms with Crippen molar-refractivity contribution >= 4 is 28.6 Å². The molecule has 142 valence electrons. The minimum atomic E-state index is -0.478. The highest BCUT2D eigenvalue weighted by Gasteiger charge is 2.12. The van der Waals surface area contributed by atoms with Crippen molar-refractivity contribution in [1.29, 1.82) is 0 Å². The normalized spacial score (nSPS) is 11.0. The number of nitro groups is 1. The van der Waals surface area contributed by atoms with Gasteiger partial charge in [-0.2, -0.15) is 10.2 Å². The third-order valence-corrected chi connectivity index (χ3v) is 4.37. The highest BCUT2D eigenvalue weighted by Crippen LogP contribution is 2.27. The van der Waals surface area contributed by atoms with Crippen LogP contribution in [0.3, 0.4) is 0 Å². The van der Waals surface area contributed by atoms with Crippen LogP contribution in [0, 0.1) is 10.1 Å². The van der Waals surface area contributed by atoms with E-state index < -0.39 is 10.8 Å². The van der Waals surface area contributed by atoms with Gasteiger partial charge in [-0.1, -0.05) is 42.5 Å². The van der Waals surface area contributed by atoms with Gasteiger partial charge in [0.2, 0.25) is 0 Å². The zero-order chi connectivity index (χ0) is 20.2. The van der Waals surface area contributed by atoms with Crippen molar-refractivity contribution in [2.45, 2.75) is 0 Å². The van der Waals surface area contributed by atoms with Crippen LogP contribution in [0.5, 0.6) is 0 Å². The summed E-state index contributed by atoms with van der Waals surface area (Å²) in [6.07, 6.45) is 1.41. The summed E-state index contributed by atoms with van der Waals surface area (Å²) in [5, 5.41) is 23.6. The summed E-state index contributed by atoms with van der Waals surface area (Å²) in [5.74, 6) is -0.442. The number of hydrogen-bond acceptors (Lipinski definition) is 5. The second-order valence-electron chi connectivity index (χ2n) is 6.24. The number of carbonyl (C=O) groups excluding carboxylic acids is 1. The first-order valence-electron chi connectivity index (χ1n) is 8.73. The maximum absolute atomic E-state index is 12.3. The van der Waals surface area contributed by atoms with Crippen LogP contribution < -0.4 is 5.43 Å². The highest BCUT2D eigenvalue weighted by molar-refractivity contribution is 5.98. The Labute approximate surface area is 165 Å². The topological polar surface area (TPSA) is 113 Å². The molecule has 1 heterocycles. The lowest BCUT2D eigenvalue weighted by molar-refractivity contribution is -0.384. The van der Waals surface area contributed by atoms with Gasteiger partial charge in [0.05, 0.1) is 16.8 Å². The number of hydrogen-bond donors (Lipinski definition) is 2. The van der Waals surface area contributed by atoms with Gasteiger partial charge in [0, 0.05) is 17.7 Å². The third-order valence-electron chi connectivity index (χ3n) is 4.37. The number of nitro benzene ring substituents is 1. The van der Waals surface area contributed by atoms with Crippen molar-refractivity contribution in [2.24, 2.45) is 5.10 Å². The number of aromatic nitrogens is 2. The van der Waals surface area contributed by atoms with Crippen LogP contribution in [0.25, 0.3) is 22.0 Å². The molecule has 1 amide bonds. The van der Waals surface area contributed by atoms with Crippen molar-refractivity contribution in [3.8, 4) is 11.3 Å². The Kier molecular flexibility index (Phi) is 4.81. The second-order valence-corrected chi connectivity index (χ2v) is 6.24. The summed E-state index contributed by atoms with van der Waals surface area (Å²) in [6.45, 7) is 0. The molecule has 8 nitrogen and oxygen atoms in total. The average Bonchev–Trinajstić information content (AvgIpc) is 3.24. The number of carbonyl (C=O) groups is 1. The Bertz CT molecular complexity index is 1220. The molecule has 0 aliphatic heterocycles. The largest absolute Gasteiger partial charge is 0.289 e. The van der Waals surface area contributed by atoms with Gasteiger partial charge in [-0.25, -0.2) is 5.43 Å². The van der Waals surface area contributed by atoms with E-state index in [1.54, 1.807) is 18.2 Å². The summed E-state index contributed by atoms with van der Waals surface area (Å²) < 4.78 is 0. The minimum absolute atomic E-state index is 0.00962. The van der Waals surface area contributed by atoms with Crippen LogP contribution in [-0.2, 0) is 0 Å². The van der Waals surface area contributed by atoms with Crippen LogP contribution in [0.1, 0.15) is 16.1 Å². The fourth-order valence-electron chi connectivity index (χ4n) is 2.93. The summed E-state index contributed by atoms with van der Waals surface area (Å²) in [6, 6.07) is 21.4. The number of nitrogens with one attached hydrogen (secondary N) is 2. The van der Waals surface area contributed by atoms with E-state index in [1.165, 1.54) is 18.3 Å². The molecule has 0 saturated carbocycles. The van der Waals surface area contributed by atoms with Gasteiger partial charge in [-0.3, -0.25) is 20.0 Å². The molecule has 29 heavy (non-hydrogen) atoms. The molecule has 0 saturated heterocycles. The number of fused-ring (bicyclic) bond motifs is 1. The van der Waals surface area contributed by atoms with E-state index in [4.69, 9.17) is 0 Å². The monoisotopic (exact) mass is 385 g/mol. The van der Waals surface area contributed by atoms with Gasteiger partial charge in [-0.15, -0.1) is 0 Å². The average molecular weight is 385 g/mol. The van der Waals surface area contributed by atoms with Crippen LogP contribution in [0.15, 0.2) is 77.9 Å². The first-order chi connectivity index (χ1) is 14.1. The van der Waals surface area contributed by atoms with E-state index in [9.17, 15) is 14.9 Å². The van der Waals surface area contributed by atoms with Crippen molar-refractivity contribution in [3.63, 3.8) is 0 Å². The first-order valence-corrected chi connectivity index (χ1v) is 8.73. The number of nitrogens with zero attached hydrogens (tertiary/aromatic N) is 3. The fraction of sp³-hybridized carbons (Fsp3) is 0. The number of hydrazone groups is 1. The molecule has 0 atom stereocenters. The summed E-state index contributed by atoms with van der Waals surface area (Å²) in [5.41, 5.74) is 4.88. The summed E-state index contributed by atoms with van der Waals surface area (Å²) in [4.78, 5) is 22.5.